The first-order chi connectivity index (χ1) is 9.95. The van der Waals surface area contributed by atoms with E-state index in [-0.39, 0.29) is 0 Å². The smallest absolute Gasteiger partial charge is 0.310 e. The van der Waals surface area contributed by atoms with Gasteiger partial charge in [0.15, 0.2) is 0 Å². The molecule has 2 heterocycles. The molecule has 2 aliphatic rings. The molecule has 0 radical (unpaired) electrons. The van der Waals surface area contributed by atoms with Crippen LogP contribution in [0.4, 0.5) is 5.69 Å². The van der Waals surface area contributed by atoms with Gasteiger partial charge in [0.2, 0.25) is 5.91 Å². The molecule has 0 unspecified atom stereocenters. The van der Waals surface area contributed by atoms with E-state index in [9.17, 15) is 14.7 Å². The first kappa shape index (κ1) is 14.4. The van der Waals surface area contributed by atoms with Crippen LogP contribution < -0.4 is 5.32 Å². The van der Waals surface area contributed by atoms with E-state index in [1.807, 2.05) is 0 Å². The topological polar surface area (TPSA) is 75.6 Å². The second kappa shape index (κ2) is 5.33. The summed E-state index contributed by atoms with van der Waals surface area (Å²) >= 11 is 11.7. The van der Waals surface area contributed by atoms with Crippen molar-refractivity contribution in [1.82, 2.24) is 0 Å². The predicted molar refractivity (Wildman–Crippen MR) is 77.5 cm³/mol. The molecular formula is C14H11Cl2NO4. The van der Waals surface area contributed by atoms with Crippen LogP contribution in [-0.4, -0.2) is 29.2 Å². The van der Waals surface area contributed by atoms with Gasteiger partial charge >= 0.3 is 5.97 Å². The summed E-state index contributed by atoms with van der Waals surface area (Å²) in [4.78, 5) is 23.7. The lowest BCUT2D eigenvalue weighted by Crippen LogP contribution is -2.39. The summed E-state index contributed by atoms with van der Waals surface area (Å²) in [5.74, 6) is -3.11. The number of benzene rings is 1. The zero-order valence-corrected chi connectivity index (χ0v) is 12.1. The third kappa shape index (κ3) is 2.64. The molecule has 7 heteroatoms. The summed E-state index contributed by atoms with van der Waals surface area (Å²) in [6, 6.07) is 4.64. The van der Waals surface area contributed by atoms with Gasteiger partial charge in [0, 0.05) is 15.7 Å². The second-order valence-corrected chi connectivity index (χ2v) is 5.86. The Morgan fingerprint density at radius 3 is 2.19 bits per heavy atom. The minimum absolute atomic E-state index is 0.386. The highest BCUT2D eigenvalue weighted by Crippen LogP contribution is 2.40. The molecule has 3 rings (SSSR count). The zero-order valence-electron chi connectivity index (χ0n) is 10.6. The highest BCUT2D eigenvalue weighted by atomic mass is 35.5. The first-order valence-corrected chi connectivity index (χ1v) is 7.05. The SMILES string of the molecule is O=C(O)[C@H]1[C@H](C(=O)Nc2cc(Cl)cc(Cl)c2)[C@H]2C=C[C@H]1O2. The number of aliphatic carboxylic acids is 1. The number of anilines is 1. The van der Waals surface area contributed by atoms with Crippen molar-refractivity contribution in [3.8, 4) is 0 Å². The van der Waals surface area contributed by atoms with E-state index in [2.05, 4.69) is 5.32 Å². The molecule has 1 amide bonds. The molecule has 0 saturated carbocycles. The molecule has 1 aromatic rings. The maximum Gasteiger partial charge on any atom is 0.310 e. The molecule has 21 heavy (non-hydrogen) atoms. The van der Waals surface area contributed by atoms with Crippen LogP contribution in [0.3, 0.4) is 0 Å². The second-order valence-electron chi connectivity index (χ2n) is 4.99. The zero-order chi connectivity index (χ0) is 15.1. The predicted octanol–water partition coefficient (Wildman–Crippen LogP) is 2.59. The lowest BCUT2D eigenvalue weighted by Gasteiger charge is -2.21. The van der Waals surface area contributed by atoms with Crippen LogP contribution in [0, 0.1) is 11.8 Å². The van der Waals surface area contributed by atoms with Crippen LogP contribution in [0.25, 0.3) is 0 Å². The van der Waals surface area contributed by atoms with Crippen molar-refractivity contribution < 1.29 is 19.4 Å². The Labute approximate surface area is 130 Å². The minimum Gasteiger partial charge on any atom is -0.481 e. The number of carboxylic acids is 1. The summed E-state index contributed by atoms with van der Waals surface area (Å²) in [6.45, 7) is 0. The van der Waals surface area contributed by atoms with Crippen LogP contribution in [0.15, 0.2) is 30.4 Å². The lowest BCUT2D eigenvalue weighted by molar-refractivity contribution is -0.145. The van der Waals surface area contributed by atoms with Crippen LogP contribution in [0.1, 0.15) is 0 Å². The van der Waals surface area contributed by atoms with E-state index in [0.717, 1.165) is 0 Å². The van der Waals surface area contributed by atoms with Gasteiger partial charge in [0.05, 0.1) is 18.1 Å². The number of hydrogen-bond acceptors (Lipinski definition) is 3. The molecule has 5 nitrogen and oxygen atoms in total. The summed E-state index contributed by atoms with van der Waals surface area (Å²) in [5.41, 5.74) is 0.424. The van der Waals surface area contributed by atoms with Crippen LogP contribution in [0.2, 0.25) is 10.0 Å². The number of nitrogens with one attached hydrogen (secondary N) is 1. The molecule has 2 aliphatic heterocycles. The lowest BCUT2D eigenvalue weighted by atomic mass is 9.82. The standard InChI is InChI=1S/C14H11Cl2NO4/c15-6-3-7(16)5-8(4-6)17-13(18)11-9-1-2-10(21-9)12(11)14(19)20/h1-5,9-12H,(H,17,18)(H,19,20)/t9-,10-,11-,12-/m1/s1. The molecule has 1 aromatic carbocycles. The van der Waals surface area contributed by atoms with Gasteiger partial charge in [-0.2, -0.15) is 0 Å². The van der Waals surface area contributed by atoms with Crippen molar-refractivity contribution in [2.45, 2.75) is 12.2 Å². The van der Waals surface area contributed by atoms with Gasteiger partial charge in [-0.25, -0.2) is 0 Å². The van der Waals surface area contributed by atoms with E-state index < -0.39 is 35.9 Å². The Bertz CT molecular complexity index is 626. The number of rotatable bonds is 3. The maximum absolute atomic E-state index is 12.4. The number of ether oxygens (including phenoxy) is 1. The van der Waals surface area contributed by atoms with E-state index in [1.165, 1.54) is 0 Å². The quantitative estimate of drug-likeness (QED) is 0.836. The fraction of sp³-hybridized carbons (Fsp3) is 0.286. The average molecular weight is 328 g/mol. The largest absolute Gasteiger partial charge is 0.481 e. The number of fused-ring (bicyclic) bond motifs is 2. The Kier molecular flexibility index (Phi) is 3.65. The molecule has 0 aliphatic carbocycles. The van der Waals surface area contributed by atoms with Gasteiger partial charge in [-0.05, 0) is 18.2 Å². The number of halogens is 2. The Morgan fingerprint density at radius 2 is 1.62 bits per heavy atom. The summed E-state index contributed by atoms with van der Waals surface area (Å²) < 4.78 is 5.46. The number of hydrogen-bond donors (Lipinski definition) is 2. The first-order valence-electron chi connectivity index (χ1n) is 6.29. The summed E-state index contributed by atoms with van der Waals surface area (Å²) in [7, 11) is 0. The van der Waals surface area contributed by atoms with E-state index in [1.54, 1.807) is 30.4 Å². The molecule has 0 aromatic heterocycles. The number of carboxylic acid groups (broad SMARTS) is 1. The average Bonchev–Trinajstić information content (AvgIpc) is 2.96. The Balaban J connectivity index is 1.82. The highest BCUT2D eigenvalue weighted by Gasteiger charge is 2.53. The van der Waals surface area contributed by atoms with Crippen molar-refractivity contribution in [3.63, 3.8) is 0 Å². The molecule has 110 valence electrons. The summed E-state index contributed by atoms with van der Waals surface area (Å²) in [6.07, 6.45) is 2.35. The molecule has 1 saturated heterocycles. The molecule has 0 spiro atoms. The van der Waals surface area contributed by atoms with E-state index in [4.69, 9.17) is 27.9 Å². The number of carbonyl (C=O) groups excluding carboxylic acids is 1. The van der Waals surface area contributed by atoms with Gasteiger partial charge in [-0.1, -0.05) is 35.4 Å². The molecular weight excluding hydrogens is 317 g/mol. The fourth-order valence-corrected chi connectivity index (χ4v) is 3.29. The minimum atomic E-state index is -1.05. The normalized spacial score (nSPS) is 29.6. The van der Waals surface area contributed by atoms with Crippen molar-refractivity contribution in [3.05, 3.63) is 40.4 Å². The number of amides is 1. The van der Waals surface area contributed by atoms with Gasteiger partial charge < -0.3 is 15.2 Å². The third-order valence-corrected chi connectivity index (χ3v) is 4.05. The van der Waals surface area contributed by atoms with Crippen molar-refractivity contribution in [2.24, 2.45) is 11.8 Å². The van der Waals surface area contributed by atoms with Crippen LogP contribution >= 0.6 is 23.2 Å². The Hall–Kier alpha value is -1.56. The van der Waals surface area contributed by atoms with E-state index in [0.29, 0.717) is 15.7 Å². The van der Waals surface area contributed by atoms with Crippen LogP contribution in [0.5, 0.6) is 0 Å². The van der Waals surface area contributed by atoms with Gasteiger partial charge in [0.1, 0.15) is 5.92 Å². The molecule has 2 bridgehead atoms. The number of carbonyl (C=O) groups is 2. The van der Waals surface area contributed by atoms with Crippen molar-refractivity contribution in [1.29, 1.82) is 0 Å². The van der Waals surface area contributed by atoms with Crippen LogP contribution in [-0.2, 0) is 14.3 Å². The maximum atomic E-state index is 12.4. The van der Waals surface area contributed by atoms with Gasteiger partial charge in [-0.15, -0.1) is 0 Å². The molecule has 4 atom stereocenters. The monoisotopic (exact) mass is 327 g/mol. The molecule has 1 fully saturated rings. The third-order valence-electron chi connectivity index (χ3n) is 3.62. The fourth-order valence-electron chi connectivity index (χ4n) is 2.77. The van der Waals surface area contributed by atoms with Crippen molar-refractivity contribution in [2.75, 3.05) is 5.32 Å². The highest BCUT2D eigenvalue weighted by molar-refractivity contribution is 6.35. The van der Waals surface area contributed by atoms with Crippen molar-refractivity contribution >= 4 is 40.8 Å². The molecule has 2 N–H and O–H groups in total. The van der Waals surface area contributed by atoms with E-state index >= 15 is 0 Å². The van der Waals surface area contributed by atoms with Gasteiger partial charge in [-0.3, -0.25) is 9.59 Å². The van der Waals surface area contributed by atoms with Gasteiger partial charge in [0.25, 0.3) is 0 Å². The summed E-state index contributed by atoms with van der Waals surface area (Å²) in [5, 5.41) is 12.7. The Morgan fingerprint density at radius 1 is 1.05 bits per heavy atom.